The lowest BCUT2D eigenvalue weighted by atomic mass is 9.97. The van der Waals surface area contributed by atoms with Crippen molar-refractivity contribution in [2.24, 2.45) is 0 Å². The molecule has 234 valence electrons. The molecule has 0 fully saturated rings. The van der Waals surface area contributed by atoms with Crippen LogP contribution in [0.25, 0.3) is 76.5 Å². The van der Waals surface area contributed by atoms with Crippen molar-refractivity contribution in [3.8, 4) is 22.3 Å². The van der Waals surface area contributed by atoms with Gasteiger partial charge >= 0.3 is 0 Å². The van der Waals surface area contributed by atoms with Crippen LogP contribution in [0.15, 0.2) is 187 Å². The summed E-state index contributed by atoms with van der Waals surface area (Å²) in [6, 6.07) is 62.5. The zero-order valence-corrected chi connectivity index (χ0v) is 27.1. The Kier molecular flexibility index (Phi) is 6.49. The largest absolute Gasteiger partial charge is 0.455 e. The van der Waals surface area contributed by atoms with Gasteiger partial charge in [0.2, 0.25) is 0 Å². The molecule has 0 aliphatic heterocycles. The maximum Gasteiger partial charge on any atom is 0.145 e. The number of para-hydroxylation sites is 1. The van der Waals surface area contributed by atoms with Crippen molar-refractivity contribution in [2.75, 3.05) is 4.90 Å². The van der Waals surface area contributed by atoms with E-state index < -0.39 is 0 Å². The van der Waals surface area contributed by atoms with E-state index in [9.17, 15) is 0 Å². The van der Waals surface area contributed by atoms with Crippen molar-refractivity contribution >= 4 is 71.4 Å². The molecule has 2 aromatic heterocycles. The summed E-state index contributed by atoms with van der Waals surface area (Å²) in [5.41, 5.74) is 8.50. The molecule has 0 atom stereocenters. The highest BCUT2D eigenvalue weighted by molar-refractivity contribution is 6.17. The first-order valence-electron chi connectivity index (χ1n) is 17.0. The third-order valence-electron chi connectivity index (χ3n) is 9.89. The Labute approximate surface area is 289 Å². The average molecular weight is 639 g/mol. The fourth-order valence-corrected chi connectivity index (χ4v) is 7.57. The Morgan fingerprint density at radius 2 is 0.920 bits per heavy atom. The number of pyridine rings is 1. The van der Waals surface area contributed by atoms with Gasteiger partial charge in [0.15, 0.2) is 0 Å². The zero-order valence-electron chi connectivity index (χ0n) is 27.1. The van der Waals surface area contributed by atoms with Gasteiger partial charge in [-0.05, 0) is 92.3 Å². The molecule has 3 heteroatoms. The molecule has 0 radical (unpaired) electrons. The molecule has 2 heterocycles. The van der Waals surface area contributed by atoms with E-state index in [1.165, 1.54) is 32.7 Å². The number of furan rings is 1. The predicted molar refractivity (Wildman–Crippen MR) is 210 cm³/mol. The molecule has 0 bridgehead atoms. The Bertz CT molecular complexity index is 2770. The molecule has 0 N–H and O–H groups in total. The van der Waals surface area contributed by atoms with E-state index in [1.807, 2.05) is 18.3 Å². The van der Waals surface area contributed by atoms with Gasteiger partial charge in [-0.25, -0.2) is 4.98 Å². The van der Waals surface area contributed by atoms with Crippen molar-refractivity contribution in [2.45, 2.75) is 0 Å². The molecule has 10 aromatic rings. The number of anilines is 3. The van der Waals surface area contributed by atoms with E-state index in [1.54, 1.807) is 0 Å². The Morgan fingerprint density at radius 3 is 1.58 bits per heavy atom. The predicted octanol–water partition coefficient (Wildman–Crippen LogP) is 13.2. The first kappa shape index (κ1) is 28.3. The van der Waals surface area contributed by atoms with Gasteiger partial charge in [-0.15, -0.1) is 0 Å². The molecule has 0 unspecified atom stereocenters. The van der Waals surface area contributed by atoms with Crippen molar-refractivity contribution in [1.82, 2.24) is 4.98 Å². The lowest BCUT2D eigenvalue weighted by Gasteiger charge is -2.27. The van der Waals surface area contributed by atoms with E-state index in [-0.39, 0.29) is 0 Å². The lowest BCUT2D eigenvalue weighted by molar-refractivity contribution is 0.672. The molecule has 0 aliphatic carbocycles. The van der Waals surface area contributed by atoms with Crippen molar-refractivity contribution in [1.29, 1.82) is 0 Å². The summed E-state index contributed by atoms with van der Waals surface area (Å²) >= 11 is 0. The number of benzene rings is 8. The number of hydrogen-bond donors (Lipinski definition) is 0. The van der Waals surface area contributed by atoms with Crippen LogP contribution in [0.1, 0.15) is 0 Å². The first-order valence-corrected chi connectivity index (χ1v) is 17.0. The molecule has 0 aliphatic rings. The third kappa shape index (κ3) is 4.56. The van der Waals surface area contributed by atoms with Crippen LogP contribution in [0.3, 0.4) is 0 Å². The third-order valence-corrected chi connectivity index (χ3v) is 9.89. The molecule has 0 saturated carbocycles. The highest BCUT2D eigenvalue weighted by Crippen LogP contribution is 2.43. The topological polar surface area (TPSA) is 29.3 Å². The van der Waals surface area contributed by atoms with E-state index >= 15 is 0 Å². The molecule has 0 saturated heterocycles. The SMILES string of the molecule is c1cc(-c2cccc3ccccc23)cc(N(c2cccc(-c3cccc4ccccc34)c2)c2nccc3c2ccc2c4ccccc4oc32)c1. The fourth-order valence-electron chi connectivity index (χ4n) is 7.57. The first-order chi connectivity index (χ1) is 24.8. The molecular formula is C47H30N2O. The van der Waals surface area contributed by atoms with Crippen molar-refractivity contribution < 1.29 is 4.42 Å². The van der Waals surface area contributed by atoms with E-state index in [2.05, 4.69) is 169 Å². The smallest absolute Gasteiger partial charge is 0.145 e. The van der Waals surface area contributed by atoms with Crippen LogP contribution in [0.4, 0.5) is 17.2 Å². The van der Waals surface area contributed by atoms with Gasteiger partial charge in [-0.1, -0.05) is 127 Å². The molecule has 10 rings (SSSR count). The summed E-state index contributed by atoms with van der Waals surface area (Å²) in [5.74, 6) is 0.843. The highest BCUT2D eigenvalue weighted by atomic mass is 16.3. The normalized spacial score (nSPS) is 11.6. The standard InChI is InChI=1S/C47H30N2O/c1-3-19-37-31(11-1)13-9-22-39(37)33-15-7-17-35(29-33)49(36-18-8-16-34(30-36)40-23-10-14-32-12-2-4-20-38(32)40)47-44-26-25-42-41-21-5-6-24-45(41)50-46(42)43(44)27-28-48-47/h1-30H. The van der Waals surface area contributed by atoms with Crippen LogP contribution in [-0.4, -0.2) is 4.98 Å². The number of aromatic nitrogens is 1. The minimum atomic E-state index is 0.843. The Morgan fingerprint density at radius 1 is 0.400 bits per heavy atom. The monoisotopic (exact) mass is 638 g/mol. The Balaban J connectivity index is 1.22. The minimum Gasteiger partial charge on any atom is -0.455 e. The van der Waals surface area contributed by atoms with Gasteiger partial charge in [0, 0.05) is 39.1 Å². The number of rotatable bonds is 5. The second-order valence-corrected chi connectivity index (χ2v) is 12.8. The van der Waals surface area contributed by atoms with E-state index in [0.29, 0.717) is 0 Å². The van der Waals surface area contributed by atoms with Gasteiger partial charge < -0.3 is 4.42 Å². The van der Waals surface area contributed by atoms with Crippen LogP contribution < -0.4 is 4.90 Å². The van der Waals surface area contributed by atoms with Crippen LogP contribution in [0.5, 0.6) is 0 Å². The molecule has 3 nitrogen and oxygen atoms in total. The second kappa shape index (κ2) is 11.5. The van der Waals surface area contributed by atoms with Gasteiger partial charge in [0.1, 0.15) is 17.0 Å². The molecule has 0 spiro atoms. The Hall–Kier alpha value is -6.71. The number of nitrogens with zero attached hydrogens (tertiary/aromatic N) is 2. The zero-order chi connectivity index (χ0) is 33.0. The second-order valence-electron chi connectivity index (χ2n) is 12.8. The van der Waals surface area contributed by atoms with Gasteiger partial charge in [0.05, 0.1) is 0 Å². The summed E-state index contributed by atoms with van der Waals surface area (Å²) < 4.78 is 6.50. The maximum absolute atomic E-state index is 6.50. The van der Waals surface area contributed by atoms with Crippen LogP contribution in [-0.2, 0) is 0 Å². The van der Waals surface area contributed by atoms with Crippen LogP contribution in [0.2, 0.25) is 0 Å². The van der Waals surface area contributed by atoms with Gasteiger partial charge in [0.25, 0.3) is 0 Å². The summed E-state index contributed by atoms with van der Waals surface area (Å²) in [5, 5.41) is 9.17. The van der Waals surface area contributed by atoms with Crippen LogP contribution in [0, 0.1) is 0 Å². The molecule has 0 amide bonds. The summed E-state index contributed by atoms with van der Waals surface area (Å²) in [6.07, 6.45) is 1.90. The summed E-state index contributed by atoms with van der Waals surface area (Å²) in [6.45, 7) is 0. The maximum atomic E-state index is 6.50. The highest BCUT2D eigenvalue weighted by Gasteiger charge is 2.21. The average Bonchev–Trinajstić information content (AvgIpc) is 3.57. The van der Waals surface area contributed by atoms with E-state index in [4.69, 9.17) is 9.40 Å². The fraction of sp³-hybridized carbons (Fsp3) is 0. The quantitative estimate of drug-likeness (QED) is 0.188. The number of fused-ring (bicyclic) bond motifs is 7. The van der Waals surface area contributed by atoms with Gasteiger partial charge in [-0.2, -0.15) is 0 Å². The molecular weight excluding hydrogens is 609 g/mol. The van der Waals surface area contributed by atoms with Gasteiger partial charge in [-0.3, -0.25) is 4.90 Å². The molecule has 50 heavy (non-hydrogen) atoms. The number of hydrogen-bond acceptors (Lipinski definition) is 3. The molecule has 8 aromatic carbocycles. The minimum absolute atomic E-state index is 0.843. The van der Waals surface area contributed by atoms with Crippen molar-refractivity contribution in [3.05, 3.63) is 182 Å². The van der Waals surface area contributed by atoms with Crippen molar-refractivity contribution in [3.63, 3.8) is 0 Å². The van der Waals surface area contributed by atoms with E-state index in [0.717, 1.165) is 61.0 Å². The van der Waals surface area contributed by atoms with Crippen LogP contribution >= 0.6 is 0 Å². The summed E-state index contributed by atoms with van der Waals surface area (Å²) in [7, 11) is 0. The lowest BCUT2D eigenvalue weighted by Crippen LogP contribution is -2.12. The summed E-state index contributed by atoms with van der Waals surface area (Å²) in [4.78, 5) is 7.40.